The fourth-order valence-electron chi connectivity index (χ4n) is 2.01. The summed E-state index contributed by atoms with van der Waals surface area (Å²) in [6.45, 7) is 6.42. The van der Waals surface area contributed by atoms with Gasteiger partial charge in [-0.3, -0.25) is 4.79 Å². The van der Waals surface area contributed by atoms with Crippen molar-refractivity contribution in [1.82, 2.24) is 10.6 Å². The van der Waals surface area contributed by atoms with Gasteiger partial charge < -0.3 is 20.1 Å². The van der Waals surface area contributed by atoms with Crippen LogP contribution >= 0.6 is 0 Å². The van der Waals surface area contributed by atoms with E-state index in [1.807, 2.05) is 51.1 Å². The Balaban J connectivity index is 1.88. The van der Waals surface area contributed by atoms with Crippen molar-refractivity contribution in [3.63, 3.8) is 0 Å². The van der Waals surface area contributed by atoms with E-state index in [0.29, 0.717) is 18.9 Å². The summed E-state index contributed by atoms with van der Waals surface area (Å²) in [4.78, 5) is 11.9. The van der Waals surface area contributed by atoms with Gasteiger partial charge in [0.15, 0.2) is 11.5 Å². The van der Waals surface area contributed by atoms with Gasteiger partial charge in [0.05, 0.1) is 6.54 Å². The second kappa shape index (κ2) is 7.05. The molecule has 1 aromatic carbocycles. The SMILES string of the molecule is CC(C)(C)NC(=O)/C(C#N)=C\NCC1COc2ccccc2O1. The minimum atomic E-state index is -0.404. The van der Waals surface area contributed by atoms with Gasteiger partial charge in [-0.15, -0.1) is 0 Å². The number of rotatable bonds is 4. The highest BCUT2D eigenvalue weighted by Crippen LogP contribution is 2.30. The van der Waals surface area contributed by atoms with Crippen molar-refractivity contribution in [2.45, 2.75) is 32.4 Å². The fraction of sp³-hybridized carbons (Fsp3) is 0.412. The molecule has 0 saturated carbocycles. The molecule has 0 aliphatic carbocycles. The molecule has 0 fully saturated rings. The first-order chi connectivity index (χ1) is 10.9. The lowest BCUT2D eigenvalue weighted by atomic mass is 10.1. The van der Waals surface area contributed by atoms with Crippen LogP contribution in [0.25, 0.3) is 0 Å². The summed E-state index contributed by atoms with van der Waals surface area (Å²) in [6, 6.07) is 9.35. The molecule has 23 heavy (non-hydrogen) atoms. The minimum absolute atomic E-state index is 0.0250. The van der Waals surface area contributed by atoms with Crippen LogP contribution < -0.4 is 20.1 Å². The molecule has 0 spiro atoms. The number of hydrogen-bond donors (Lipinski definition) is 2. The molecule has 6 nitrogen and oxygen atoms in total. The molecule has 1 amide bonds. The highest BCUT2D eigenvalue weighted by molar-refractivity contribution is 5.97. The lowest BCUT2D eigenvalue weighted by Gasteiger charge is -2.26. The number of ether oxygens (including phenoxy) is 2. The molecule has 0 bridgehead atoms. The highest BCUT2D eigenvalue weighted by atomic mass is 16.6. The molecule has 0 saturated heterocycles. The van der Waals surface area contributed by atoms with Crippen LogP contribution in [0.2, 0.25) is 0 Å². The van der Waals surface area contributed by atoms with Gasteiger partial charge in [0.25, 0.3) is 5.91 Å². The van der Waals surface area contributed by atoms with Crippen molar-refractivity contribution >= 4 is 5.91 Å². The Morgan fingerprint density at radius 1 is 1.39 bits per heavy atom. The summed E-state index contributed by atoms with van der Waals surface area (Å²) in [5, 5.41) is 14.8. The van der Waals surface area contributed by atoms with E-state index in [-0.39, 0.29) is 11.7 Å². The number of nitriles is 1. The normalized spacial score (nSPS) is 17.1. The molecule has 122 valence electrons. The summed E-state index contributed by atoms with van der Waals surface area (Å²) in [6.07, 6.45) is 1.22. The second-order valence-electron chi connectivity index (χ2n) is 6.28. The van der Waals surface area contributed by atoms with E-state index < -0.39 is 11.4 Å². The smallest absolute Gasteiger partial charge is 0.263 e. The Morgan fingerprint density at radius 2 is 2.09 bits per heavy atom. The maximum absolute atomic E-state index is 11.9. The maximum atomic E-state index is 11.9. The Bertz CT molecular complexity index is 641. The van der Waals surface area contributed by atoms with Crippen molar-refractivity contribution in [3.05, 3.63) is 36.0 Å². The quantitative estimate of drug-likeness (QED) is 0.653. The Hall–Kier alpha value is -2.68. The van der Waals surface area contributed by atoms with Gasteiger partial charge in [-0.05, 0) is 32.9 Å². The van der Waals surface area contributed by atoms with Crippen LogP contribution in [-0.2, 0) is 4.79 Å². The average molecular weight is 315 g/mol. The molecule has 1 aromatic rings. The van der Waals surface area contributed by atoms with Crippen LogP contribution in [0.3, 0.4) is 0 Å². The van der Waals surface area contributed by atoms with Crippen molar-refractivity contribution < 1.29 is 14.3 Å². The second-order valence-corrected chi connectivity index (χ2v) is 6.28. The lowest BCUT2D eigenvalue weighted by Crippen LogP contribution is -2.42. The summed E-state index contributed by atoms with van der Waals surface area (Å²) in [5.74, 6) is 1.01. The van der Waals surface area contributed by atoms with Crippen molar-refractivity contribution in [3.8, 4) is 17.6 Å². The van der Waals surface area contributed by atoms with Crippen LogP contribution in [0.4, 0.5) is 0 Å². The first kappa shape index (κ1) is 16.7. The van der Waals surface area contributed by atoms with Gasteiger partial charge >= 0.3 is 0 Å². The third-order valence-electron chi connectivity index (χ3n) is 3.01. The zero-order valence-electron chi connectivity index (χ0n) is 13.6. The summed E-state index contributed by atoms with van der Waals surface area (Å²) in [5.41, 5.74) is -0.367. The highest BCUT2D eigenvalue weighted by Gasteiger charge is 2.20. The third kappa shape index (κ3) is 4.92. The Labute approximate surface area is 136 Å². The third-order valence-corrected chi connectivity index (χ3v) is 3.01. The van der Waals surface area contributed by atoms with Crippen molar-refractivity contribution in [1.29, 1.82) is 5.26 Å². The number of para-hydroxylation sites is 2. The van der Waals surface area contributed by atoms with Gasteiger partial charge in [-0.1, -0.05) is 12.1 Å². The molecule has 2 N–H and O–H groups in total. The van der Waals surface area contributed by atoms with Crippen molar-refractivity contribution in [2.75, 3.05) is 13.2 Å². The van der Waals surface area contributed by atoms with Crippen LogP contribution in [-0.4, -0.2) is 30.7 Å². The minimum Gasteiger partial charge on any atom is -0.486 e. The van der Waals surface area contributed by atoms with Gasteiger partial charge in [0, 0.05) is 11.7 Å². The topological polar surface area (TPSA) is 83.4 Å². The van der Waals surface area contributed by atoms with Gasteiger partial charge in [-0.2, -0.15) is 5.26 Å². The molecular weight excluding hydrogens is 294 g/mol. The number of carbonyl (C=O) groups excluding carboxylic acids is 1. The first-order valence-corrected chi connectivity index (χ1v) is 7.44. The monoisotopic (exact) mass is 315 g/mol. The largest absolute Gasteiger partial charge is 0.486 e. The molecular formula is C17H21N3O3. The molecule has 1 unspecified atom stereocenters. The van der Waals surface area contributed by atoms with Crippen LogP contribution in [0, 0.1) is 11.3 Å². The standard InChI is InChI=1S/C17H21N3O3/c1-17(2,3)20-16(21)12(8-18)9-19-10-13-11-22-14-6-4-5-7-15(14)23-13/h4-7,9,13,19H,10-11H2,1-3H3,(H,20,21)/b12-9-. The number of nitrogens with one attached hydrogen (secondary N) is 2. The summed E-state index contributed by atoms with van der Waals surface area (Å²) < 4.78 is 11.4. The van der Waals surface area contributed by atoms with Crippen LogP contribution in [0.1, 0.15) is 20.8 Å². The Kier molecular flexibility index (Phi) is 5.12. The summed E-state index contributed by atoms with van der Waals surface area (Å²) in [7, 11) is 0. The average Bonchev–Trinajstić information content (AvgIpc) is 2.49. The predicted octanol–water partition coefficient (Wildman–Crippen LogP) is 1.74. The van der Waals surface area contributed by atoms with Crippen molar-refractivity contribution in [2.24, 2.45) is 0 Å². The van der Waals surface area contributed by atoms with Gasteiger partial charge in [-0.25, -0.2) is 0 Å². The number of fused-ring (bicyclic) bond motifs is 1. The van der Waals surface area contributed by atoms with E-state index in [2.05, 4.69) is 10.6 Å². The van der Waals surface area contributed by atoms with Gasteiger partial charge in [0.1, 0.15) is 24.4 Å². The first-order valence-electron chi connectivity index (χ1n) is 7.44. The zero-order valence-corrected chi connectivity index (χ0v) is 13.6. The number of nitrogens with zero attached hydrogens (tertiary/aromatic N) is 1. The molecule has 6 heteroatoms. The molecule has 1 heterocycles. The zero-order chi connectivity index (χ0) is 16.9. The molecule has 1 atom stereocenters. The van der Waals surface area contributed by atoms with E-state index in [9.17, 15) is 4.79 Å². The lowest BCUT2D eigenvalue weighted by molar-refractivity contribution is -0.118. The predicted molar refractivity (Wildman–Crippen MR) is 85.9 cm³/mol. The fourth-order valence-corrected chi connectivity index (χ4v) is 2.01. The van der Waals surface area contributed by atoms with E-state index in [1.165, 1.54) is 6.20 Å². The molecule has 2 rings (SSSR count). The van der Waals surface area contributed by atoms with E-state index >= 15 is 0 Å². The van der Waals surface area contributed by atoms with Crippen LogP contribution in [0.5, 0.6) is 11.5 Å². The van der Waals surface area contributed by atoms with E-state index in [0.717, 1.165) is 5.75 Å². The van der Waals surface area contributed by atoms with Gasteiger partial charge in [0.2, 0.25) is 0 Å². The number of hydrogen-bond acceptors (Lipinski definition) is 5. The molecule has 1 aliphatic heterocycles. The maximum Gasteiger partial charge on any atom is 0.263 e. The number of carbonyl (C=O) groups is 1. The van der Waals surface area contributed by atoms with Crippen LogP contribution in [0.15, 0.2) is 36.0 Å². The Morgan fingerprint density at radius 3 is 2.74 bits per heavy atom. The number of amides is 1. The molecule has 0 aromatic heterocycles. The van der Waals surface area contributed by atoms with E-state index in [1.54, 1.807) is 0 Å². The number of benzene rings is 1. The molecule has 1 aliphatic rings. The molecule has 0 radical (unpaired) electrons. The van der Waals surface area contributed by atoms with E-state index in [4.69, 9.17) is 14.7 Å². The summed E-state index contributed by atoms with van der Waals surface area (Å²) >= 11 is 0.